The summed E-state index contributed by atoms with van der Waals surface area (Å²) >= 11 is 0. The van der Waals surface area contributed by atoms with E-state index in [1.807, 2.05) is 6.08 Å². The summed E-state index contributed by atoms with van der Waals surface area (Å²) in [5, 5.41) is 33.1. The minimum absolute atomic E-state index is 0.000425. The summed E-state index contributed by atoms with van der Waals surface area (Å²) in [5.74, 6) is -0.331. The van der Waals surface area contributed by atoms with Crippen molar-refractivity contribution in [2.45, 2.75) is 225 Å². The second kappa shape index (κ2) is 38.4. The van der Waals surface area contributed by atoms with E-state index < -0.39 is 18.2 Å². The standard InChI is InChI=1S/C43H81NO4/c1-3-5-7-9-11-13-15-17-19-20-21-22-23-24-26-28-30-32-34-36-40(46)38-43(48)44-41(39-45)42(47)37-35-33-31-29-27-25-18-16-14-12-10-8-6-4-2/h22-23,27,29,35,37,40-42,45-47H,3-21,24-26,28,30-34,36,38-39H2,1-2H3,(H,44,48)/b23-22-,29-27+,37-35+. The lowest BCUT2D eigenvalue weighted by atomic mass is 10.0. The van der Waals surface area contributed by atoms with Crippen molar-refractivity contribution in [1.82, 2.24) is 5.32 Å². The molecule has 1 amide bonds. The number of carbonyl (C=O) groups is 1. The molecule has 0 bridgehead atoms. The molecule has 5 nitrogen and oxygen atoms in total. The van der Waals surface area contributed by atoms with E-state index >= 15 is 0 Å². The number of hydrogen-bond donors (Lipinski definition) is 4. The number of rotatable bonds is 37. The third-order valence-corrected chi connectivity index (χ3v) is 9.40. The van der Waals surface area contributed by atoms with Crippen molar-refractivity contribution >= 4 is 5.91 Å². The molecule has 3 atom stereocenters. The molecule has 5 heteroatoms. The van der Waals surface area contributed by atoms with E-state index in [0.717, 1.165) is 44.9 Å². The molecule has 48 heavy (non-hydrogen) atoms. The summed E-state index contributed by atoms with van der Waals surface area (Å²) in [7, 11) is 0. The molecule has 0 fully saturated rings. The average Bonchev–Trinajstić information content (AvgIpc) is 3.08. The number of nitrogens with one attached hydrogen (secondary N) is 1. The fourth-order valence-corrected chi connectivity index (χ4v) is 6.17. The van der Waals surface area contributed by atoms with Crippen molar-refractivity contribution in [3.05, 3.63) is 36.5 Å². The quantitative estimate of drug-likeness (QED) is 0.0390. The summed E-state index contributed by atoms with van der Waals surface area (Å²) in [6, 6.07) is -0.762. The Kier molecular flexibility index (Phi) is 37.2. The van der Waals surface area contributed by atoms with Crippen LogP contribution in [0.5, 0.6) is 0 Å². The van der Waals surface area contributed by atoms with Crippen LogP contribution in [0.4, 0.5) is 0 Å². The Balaban J connectivity index is 3.73. The van der Waals surface area contributed by atoms with Crippen LogP contribution >= 0.6 is 0 Å². The molecule has 0 saturated carbocycles. The minimum atomic E-state index is -0.952. The first-order chi connectivity index (χ1) is 23.5. The van der Waals surface area contributed by atoms with Crippen LogP contribution in [0, 0.1) is 0 Å². The molecule has 0 rings (SSSR count). The molecule has 0 heterocycles. The van der Waals surface area contributed by atoms with Crippen LogP contribution in [0.25, 0.3) is 0 Å². The molecule has 0 aliphatic rings. The van der Waals surface area contributed by atoms with Crippen molar-refractivity contribution in [3.63, 3.8) is 0 Å². The van der Waals surface area contributed by atoms with Crippen molar-refractivity contribution in [1.29, 1.82) is 0 Å². The fraction of sp³-hybridized carbons (Fsp3) is 0.837. The predicted octanol–water partition coefficient (Wildman–Crippen LogP) is 11.6. The Morgan fingerprint density at radius 3 is 1.33 bits per heavy atom. The zero-order valence-corrected chi connectivity index (χ0v) is 31.9. The van der Waals surface area contributed by atoms with E-state index in [4.69, 9.17) is 0 Å². The van der Waals surface area contributed by atoms with Gasteiger partial charge in [0.25, 0.3) is 0 Å². The lowest BCUT2D eigenvalue weighted by Crippen LogP contribution is -2.45. The molecule has 3 unspecified atom stereocenters. The maximum Gasteiger partial charge on any atom is 0.222 e. The maximum atomic E-state index is 12.4. The van der Waals surface area contributed by atoms with E-state index in [1.165, 1.54) is 135 Å². The topological polar surface area (TPSA) is 89.8 Å². The Morgan fingerprint density at radius 1 is 0.521 bits per heavy atom. The molecular formula is C43H81NO4. The lowest BCUT2D eigenvalue weighted by Gasteiger charge is -2.20. The monoisotopic (exact) mass is 676 g/mol. The van der Waals surface area contributed by atoms with Gasteiger partial charge < -0.3 is 20.6 Å². The van der Waals surface area contributed by atoms with E-state index in [9.17, 15) is 20.1 Å². The maximum absolute atomic E-state index is 12.4. The van der Waals surface area contributed by atoms with Crippen LogP contribution in [0.15, 0.2) is 36.5 Å². The molecule has 0 aromatic rings. The van der Waals surface area contributed by atoms with Crippen LogP contribution in [-0.4, -0.2) is 46.1 Å². The third-order valence-electron chi connectivity index (χ3n) is 9.40. The molecule has 0 aromatic heterocycles. The summed E-state index contributed by atoms with van der Waals surface area (Å²) in [5.41, 5.74) is 0. The molecule has 0 aliphatic carbocycles. The van der Waals surface area contributed by atoms with Crippen molar-refractivity contribution in [2.24, 2.45) is 0 Å². The molecule has 4 N–H and O–H groups in total. The van der Waals surface area contributed by atoms with Crippen LogP contribution in [0.3, 0.4) is 0 Å². The van der Waals surface area contributed by atoms with E-state index in [2.05, 4.69) is 43.5 Å². The van der Waals surface area contributed by atoms with Crippen LogP contribution in [0.1, 0.15) is 206 Å². The van der Waals surface area contributed by atoms with E-state index in [1.54, 1.807) is 6.08 Å². The van der Waals surface area contributed by atoms with Crippen molar-refractivity contribution in [3.8, 4) is 0 Å². The Morgan fingerprint density at radius 2 is 0.896 bits per heavy atom. The van der Waals surface area contributed by atoms with Crippen LogP contribution in [0.2, 0.25) is 0 Å². The van der Waals surface area contributed by atoms with Crippen molar-refractivity contribution < 1.29 is 20.1 Å². The minimum Gasteiger partial charge on any atom is -0.394 e. The van der Waals surface area contributed by atoms with Gasteiger partial charge in [-0.3, -0.25) is 4.79 Å². The highest BCUT2D eigenvalue weighted by Crippen LogP contribution is 2.14. The summed E-state index contributed by atoms with van der Waals surface area (Å²) in [6.45, 7) is 4.19. The lowest BCUT2D eigenvalue weighted by molar-refractivity contribution is -0.124. The highest BCUT2D eigenvalue weighted by atomic mass is 16.3. The van der Waals surface area contributed by atoms with Gasteiger partial charge in [0, 0.05) is 0 Å². The Labute approximate surface area is 298 Å². The summed E-state index contributed by atoms with van der Waals surface area (Å²) in [4.78, 5) is 12.4. The second-order valence-corrected chi connectivity index (χ2v) is 14.2. The molecular weight excluding hydrogens is 594 g/mol. The number of hydrogen-bond acceptors (Lipinski definition) is 4. The van der Waals surface area contributed by atoms with Crippen LogP contribution in [-0.2, 0) is 4.79 Å². The number of carbonyl (C=O) groups excluding carboxylic acids is 1. The van der Waals surface area contributed by atoms with Gasteiger partial charge in [-0.05, 0) is 57.8 Å². The Hall–Kier alpha value is -1.43. The number of unbranched alkanes of at least 4 members (excludes halogenated alkanes) is 24. The number of amides is 1. The van der Waals surface area contributed by atoms with Gasteiger partial charge in [0.05, 0.1) is 31.3 Å². The molecule has 0 aliphatic heterocycles. The van der Waals surface area contributed by atoms with Gasteiger partial charge in [-0.1, -0.05) is 179 Å². The molecule has 0 spiro atoms. The van der Waals surface area contributed by atoms with Gasteiger partial charge in [-0.25, -0.2) is 0 Å². The highest BCUT2D eigenvalue weighted by molar-refractivity contribution is 5.76. The second-order valence-electron chi connectivity index (χ2n) is 14.2. The van der Waals surface area contributed by atoms with Gasteiger partial charge in [0.2, 0.25) is 5.91 Å². The zero-order chi connectivity index (χ0) is 35.2. The Bertz CT molecular complexity index is 749. The first-order valence-corrected chi connectivity index (χ1v) is 20.8. The van der Waals surface area contributed by atoms with Gasteiger partial charge in [0.15, 0.2) is 0 Å². The molecule has 0 saturated heterocycles. The SMILES string of the molecule is CCCCCCCCCC/C=C/CC/C=C/C(O)C(CO)NC(=O)CC(O)CCCCCCC/C=C\CCCCCCCCCCCC. The average molecular weight is 676 g/mol. The molecule has 282 valence electrons. The number of aliphatic hydroxyl groups is 3. The first kappa shape index (κ1) is 46.6. The molecule has 0 radical (unpaired) electrons. The van der Waals surface area contributed by atoms with E-state index in [-0.39, 0.29) is 18.9 Å². The van der Waals surface area contributed by atoms with Gasteiger partial charge in [0.1, 0.15) is 0 Å². The zero-order valence-electron chi connectivity index (χ0n) is 31.9. The predicted molar refractivity (Wildman–Crippen MR) is 208 cm³/mol. The van der Waals surface area contributed by atoms with E-state index in [0.29, 0.717) is 6.42 Å². The number of allylic oxidation sites excluding steroid dienone is 5. The first-order valence-electron chi connectivity index (χ1n) is 20.8. The number of aliphatic hydroxyl groups excluding tert-OH is 3. The highest BCUT2D eigenvalue weighted by Gasteiger charge is 2.20. The van der Waals surface area contributed by atoms with Gasteiger partial charge >= 0.3 is 0 Å². The normalized spacial score (nSPS) is 14.0. The summed E-state index contributed by atoms with van der Waals surface area (Å²) in [6.07, 6.45) is 47.1. The smallest absolute Gasteiger partial charge is 0.222 e. The van der Waals surface area contributed by atoms with Crippen LogP contribution < -0.4 is 5.32 Å². The largest absolute Gasteiger partial charge is 0.394 e. The van der Waals surface area contributed by atoms with Crippen molar-refractivity contribution in [2.75, 3.05) is 6.61 Å². The fourth-order valence-electron chi connectivity index (χ4n) is 6.17. The molecule has 0 aromatic carbocycles. The van der Waals surface area contributed by atoms with Gasteiger partial charge in [-0.2, -0.15) is 0 Å². The van der Waals surface area contributed by atoms with Gasteiger partial charge in [-0.15, -0.1) is 0 Å². The summed E-state index contributed by atoms with van der Waals surface area (Å²) < 4.78 is 0. The third kappa shape index (κ3) is 34.4.